The van der Waals surface area contributed by atoms with Crippen molar-refractivity contribution in [1.82, 2.24) is 19.1 Å². The minimum Gasteiger partial charge on any atom is -0.497 e. The summed E-state index contributed by atoms with van der Waals surface area (Å²) in [5.74, 6) is 3.33. The zero-order valence-electron chi connectivity index (χ0n) is 59.8. The molecule has 4 heterocycles. The molecule has 2 aliphatic heterocycles. The Morgan fingerprint density at radius 2 is 0.724 bits per heavy atom. The fourth-order valence-electron chi connectivity index (χ4n) is 12.3. The highest BCUT2D eigenvalue weighted by Gasteiger charge is 2.50. The number of hydrogen-bond donors (Lipinski definition) is 0. The largest absolute Gasteiger partial charge is 0.497 e. The van der Waals surface area contributed by atoms with Gasteiger partial charge in [-0.15, -0.1) is 0 Å². The summed E-state index contributed by atoms with van der Waals surface area (Å²) in [4.78, 5) is 37.3. The number of aromatic nitrogens is 4. The molecule has 2 fully saturated rings. The summed E-state index contributed by atoms with van der Waals surface area (Å²) in [6, 6.07) is 52.0. The lowest BCUT2D eigenvalue weighted by molar-refractivity contribution is -0.0928. The molecule has 522 valence electrons. The van der Waals surface area contributed by atoms with Crippen LogP contribution < -0.4 is 39.8 Å². The van der Waals surface area contributed by atoms with Gasteiger partial charge in [0.1, 0.15) is 58.9 Å². The molecule has 0 amide bonds. The van der Waals surface area contributed by atoms with E-state index in [1.165, 1.54) is 9.13 Å². The summed E-state index contributed by atoms with van der Waals surface area (Å²) in [5.41, 5.74) is 3.45. The van der Waals surface area contributed by atoms with Gasteiger partial charge in [0.2, 0.25) is 11.8 Å². The molecule has 6 atom stereocenters. The molecule has 0 radical (unpaired) electrons. The standard InChI is InChI=1S/C78H98N4O14Si2/c1-53-49-81(69-47-65(95-97(13,14)75(3,4)5)67(93-69)51-91-77(55-25-19-17-20-26-55,57-29-37-61(85-9)38-30-57)58-31-39-62(86-10)40-32-58)73(83)79-71(53)89-45-23-24-46-90-72-54(2)50-82(74(84)80-72)70-48-66(96-98(15,16)76(6,7)8)68(94-70)52-92-78(56-27-21-18-22-28-56,59-33-41-63(87-11)42-34-59)60-35-43-64(88-12)44-36-60/h17-22,25-44,49-50,65-70H,23-24,45-48,51-52H2,1-16H3/t65-,66-,67+,68+,69+,70+/m0/s1. The lowest BCUT2D eigenvalue weighted by atomic mass is 9.80. The Hall–Kier alpha value is -7.93. The van der Waals surface area contributed by atoms with E-state index in [0.717, 1.165) is 33.4 Å². The Morgan fingerprint density at radius 1 is 0.439 bits per heavy atom. The topological polar surface area (TPSA) is 181 Å². The van der Waals surface area contributed by atoms with Crippen molar-refractivity contribution < 1.29 is 56.2 Å². The maximum Gasteiger partial charge on any atom is 0.352 e. The van der Waals surface area contributed by atoms with Crippen molar-refractivity contribution in [3.63, 3.8) is 0 Å². The second-order valence-corrected chi connectivity index (χ2v) is 37.9. The lowest BCUT2D eigenvalue weighted by Crippen LogP contribution is -2.47. The Balaban J connectivity index is 0.809. The molecular formula is C78H98N4O14Si2. The summed E-state index contributed by atoms with van der Waals surface area (Å²) in [6.07, 6.45) is 1.99. The summed E-state index contributed by atoms with van der Waals surface area (Å²) < 4.78 is 80.9. The van der Waals surface area contributed by atoms with Crippen LogP contribution in [0.5, 0.6) is 34.8 Å². The molecule has 2 aliphatic rings. The molecule has 98 heavy (non-hydrogen) atoms. The Morgan fingerprint density at radius 3 is 1.00 bits per heavy atom. The monoisotopic (exact) mass is 1370 g/mol. The summed E-state index contributed by atoms with van der Waals surface area (Å²) in [7, 11) is 1.80. The molecule has 8 aromatic rings. The van der Waals surface area contributed by atoms with Crippen molar-refractivity contribution in [2.45, 2.75) is 165 Å². The van der Waals surface area contributed by atoms with Crippen LogP contribution in [0.4, 0.5) is 0 Å². The van der Waals surface area contributed by atoms with Gasteiger partial charge in [-0.05, 0) is 145 Å². The van der Waals surface area contributed by atoms with E-state index >= 15 is 0 Å². The third-order valence-corrected chi connectivity index (χ3v) is 29.0. The second-order valence-electron chi connectivity index (χ2n) is 28.4. The minimum atomic E-state index is -2.40. The molecule has 0 unspecified atom stereocenters. The number of methoxy groups -OCH3 is 4. The van der Waals surface area contributed by atoms with Crippen LogP contribution in [0.3, 0.4) is 0 Å². The number of unbranched alkanes of at least 4 members (excludes halogenated alkanes) is 1. The molecule has 18 nitrogen and oxygen atoms in total. The highest BCUT2D eigenvalue weighted by atomic mass is 28.4. The number of rotatable bonds is 29. The fraction of sp³-hybridized carbons (Fsp3) is 0.436. The Bertz CT molecular complexity index is 3670. The van der Waals surface area contributed by atoms with Crippen molar-refractivity contribution >= 4 is 16.6 Å². The molecule has 0 N–H and O–H groups in total. The smallest absolute Gasteiger partial charge is 0.352 e. The van der Waals surface area contributed by atoms with Crippen molar-refractivity contribution in [2.24, 2.45) is 0 Å². The van der Waals surface area contributed by atoms with Gasteiger partial charge < -0.3 is 56.2 Å². The Kier molecular flexibility index (Phi) is 22.8. The van der Waals surface area contributed by atoms with E-state index in [0.29, 0.717) is 59.8 Å². The lowest BCUT2D eigenvalue weighted by Gasteiger charge is -2.40. The van der Waals surface area contributed by atoms with Crippen LogP contribution in [0, 0.1) is 13.8 Å². The van der Waals surface area contributed by atoms with Crippen molar-refractivity contribution in [3.05, 3.63) is 236 Å². The average molecular weight is 1370 g/mol. The van der Waals surface area contributed by atoms with Crippen LogP contribution in [0.15, 0.2) is 180 Å². The highest BCUT2D eigenvalue weighted by molar-refractivity contribution is 6.74. The molecular weight excluding hydrogens is 1270 g/mol. The molecule has 0 saturated carbocycles. The van der Waals surface area contributed by atoms with E-state index in [4.69, 9.17) is 56.2 Å². The van der Waals surface area contributed by atoms with E-state index in [2.05, 4.69) is 102 Å². The molecule has 20 heteroatoms. The normalized spacial score (nSPS) is 18.5. The average Bonchev–Trinajstić information content (AvgIpc) is 1.16. The first-order chi connectivity index (χ1) is 46.7. The van der Waals surface area contributed by atoms with Gasteiger partial charge in [-0.3, -0.25) is 9.13 Å². The maximum atomic E-state index is 14.2. The summed E-state index contributed by atoms with van der Waals surface area (Å²) in [5, 5.41) is -0.227. The van der Waals surface area contributed by atoms with E-state index in [1.54, 1.807) is 40.8 Å². The van der Waals surface area contributed by atoms with Crippen LogP contribution in [-0.2, 0) is 39.0 Å². The van der Waals surface area contributed by atoms with E-state index in [1.807, 2.05) is 147 Å². The van der Waals surface area contributed by atoms with Crippen LogP contribution in [0.25, 0.3) is 0 Å². The van der Waals surface area contributed by atoms with Crippen molar-refractivity contribution in [2.75, 3.05) is 54.9 Å². The first-order valence-electron chi connectivity index (χ1n) is 33.8. The predicted molar refractivity (Wildman–Crippen MR) is 384 cm³/mol. The summed E-state index contributed by atoms with van der Waals surface area (Å²) in [6.45, 7) is 26.6. The van der Waals surface area contributed by atoms with Crippen molar-refractivity contribution in [3.8, 4) is 34.8 Å². The third kappa shape index (κ3) is 15.9. The van der Waals surface area contributed by atoms with Crippen LogP contribution in [-0.4, -0.2) is 115 Å². The number of nitrogens with zero attached hydrogens (tertiary/aromatic N) is 4. The zero-order chi connectivity index (χ0) is 70.2. The van der Waals surface area contributed by atoms with Gasteiger partial charge in [0.15, 0.2) is 16.6 Å². The second kappa shape index (κ2) is 30.7. The summed E-state index contributed by atoms with van der Waals surface area (Å²) >= 11 is 0. The molecule has 10 rings (SSSR count). The number of benzene rings is 6. The molecule has 0 spiro atoms. The molecule has 0 aliphatic carbocycles. The van der Waals surface area contributed by atoms with Gasteiger partial charge >= 0.3 is 11.4 Å². The van der Waals surface area contributed by atoms with Gasteiger partial charge in [0.25, 0.3) is 0 Å². The van der Waals surface area contributed by atoms with Gasteiger partial charge in [-0.25, -0.2) is 9.59 Å². The van der Waals surface area contributed by atoms with Gasteiger partial charge in [-0.1, -0.05) is 151 Å². The molecule has 6 aromatic carbocycles. The molecule has 0 bridgehead atoms. The molecule has 2 aromatic heterocycles. The first-order valence-corrected chi connectivity index (χ1v) is 39.6. The van der Waals surface area contributed by atoms with E-state index in [9.17, 15) is 9.59 Å². The van der Waals surface area contributed by atoms with Crippen LogP contribution in [0.2, 0.25) is 36.3 Å². The Labute approximate surface area is 579 Å². The SMILES string of the molecule is COc1ccc(C(OC[C@H]2O[C@@H](n3cc(C)c(OCCCCOc4nc(=O)n([C@H]5C[C@H](O[Si](C)(C)C(C)(C)C)[C@@H](COC(c6ccccc6)(c6ccc(OC)cc6)c6ccc(OC)cc6)O5)cc4C)nc3=O)C[C@@H]2O[Si](C)(C)C(C)(C)C)(c2ccccc2)c2ccc(OC)cc2)cc1. The van der Waals surface area contributed by atoms with Crippen LogP contribution >= 0.6 is 0 Å². The quantitative estimate of drug-likeness (QED) is 0.0245. The molecule has 2 saturated heterocycles. The van der Waals surface area contributed by atoms with Gasteiger partial charge in [0, 0.05) is 36.4 Å². The van der Waals surface area contributed by atoms with Gasteiger partial charge in [-0.2, -0.15) is 9.97 Å². The number of aryl methyl sites for hydroxylation is 2. The van der Waals surface area contributed by atoms with Crippen molar-refractivity contribution in [1.29, 1.82) is 0 Å². The van der Waals surface area contributed by atoms with E-state index in [-0.39, 0.29) is 48.3 Å². The maximum absolute atomic E-state index is 14.2. The number of hydrogen-bond acceptors (Lipinski definition) is 16. The first kappa shape index (κ1) is 72.8. The number of ether oxygens (including phenoxy) is 10. The van der Waals surface area contributed by atoms with Crippen LogP contribution in [0.1, 0.15) is 124 Å². The minimum absolute atomic E-state index is 0.114. The van der Waals surface area contributed by atoms with E-state index < -0.39 is 76.1 Å². The predicted octanol–water partition coefficient (Wildman–Crippen LogP) is 15.1. The fourth-order valence-corrected chi connectivity index (χ4v) is 15.0. The highest BCUT2D eigenvalue weighted by Crippen LogP contribution is 2.48. The van der Waals surface area contributed by atoms with Gasteiger partial charge in [0.05, 0.1) is 67.1 Å². The third-order valence-electron chi connectivity index (χ3n) is 20.0. The zero-order valence-corrected chi connectivity index (χ0v) is 61.8.